The van der Waals surface area contributed by atoms with Gasteiger partial charge < -0.3 is 9.80 Å². The Labute approximate surface area is 161 Å². The van der Waals surface area contributed by atoms with Crippen LogP contribution in [0.3, 0.4) is 0 Å². The first-order chi connectivity index (χ1) is 12.5. The summed E-state index contributed by atoms with van der Waals surface area (Å²) in [5, 5.41) is 0.717. The number of benzene rings is 2. The van der Waals surface area contributed by atoms with E-state index in [0.29, 0.717) is 6.42 Å². The first-order valence-electron chi connectivity index (χ1n) is 9.32. The highest BCUT2D eigenvalue weighted by Crippen LogP contribution is 2.24. The maximum absolute atomic E-state index is 13.0. The number of carbonyl (C=O) groups excluding carboxylic acids is 1. The lowest BCUT2D eigenvalue weighted by Gasteiger charge is -2.32. The molecule has 3 nitrogen and oxygen atoms in total. The predicted octanol–water partition coefficient (Wildman–Crippen LogP) is 4.49. The molecule has 0 spiro atoms. The summed E-state index contributed by atoms with van der Waals surface area (Å²) in [4.78, 5) is 17.3. The summed E-state index contributed by atoms with van der Waals surface area (Å²) in [6, 6.07) is 16.3. The van der Waals surface area contributed by atoms with Gasteiger partial charge in [0.2, 0.25) is 5.91 Å². The number of rotatable bonds is 6. The van der Waals surface area contributed by atoms with Crippen LogP contribution in [0.15, 0.2) is 48.5 Å². The van der Waals surface area contributed by atoms with Crippen LogP contribution < -0.4 is 0 Å². The van der Waals surface area contributed by atoms with Crippen LogP contribution in [-0.4, -0.2) is 42.4 Å². The molecule has 1 heterocycles. The van der Waals surface area contributed by atoms with Crippen molar-refractivity contribution >= 4 is 17.5 Å². The van der Waals surface area contributed by atoms with Crippen LogP contribution in [0.4, 0.5) is 0 Å². The Kier molecular flexibility index (Phi) is 6.33. The normalized spacial score (nSPS) is 15.8. The van der Waals surface area contributed by atoms with Crippen LogP contribution in [0.2, 0.25) is 5.02 Å². The van der Waals surface area contributed by atoms with Crippen LogP contribution in [0.25, 0.3) is 0 Å². The zero-order valence-electron chi connectivity index (χ0n) is 15.6. The van der Waals surface area contributed by atoms with Crippen molar-refractivity contribution in [1.29, 1.82) is 0 Å². The Morgan fingerprint density at radius 2 is 1.85 bits per heavy atom. The van der Waals surface area contributed by atoms with Gasteiger partial charge in [0.05, 0.1) is 12.5 Å². The van der Waals surface area contributed by atoms with Crippen LogP contribution in [0, 0.1) is 6.92 Å². The number of hydrogen-bond acceptors (Lipinski definition) is 2. The Hall–Kier alpha value is -1.84. The molecule has 0 aliphatic carbocycles. The van der Waals surface area contributed by atoms with Crippen molar-refractivity contribution in [2.24, 2.45) is 0 Å². The predicted molar refractivity (Wildman–Crippen MR) is 108 cm³/mol. The molecule has 0 saturated carbocycles. The Bertz CT molecular complexity index is 741. The van der Waals surface area contributed by atoms with Crippen LogP contribution in [0.1, 0.15) is 35.6 Å². The van der Waals surface area contributed by atoms with Crippen molar-refractivity contribution in [2.45, 2.75) is 32.2 Å². The van der Waals surface area contributed by atoms with Crippen LogP contribution in [-0.2, 0) is 11.2 Å². The zero-order chi connectivity index (χ0) is 18.5. The largest absolute Gasteiger partial charge is 0.337 e. The molecule has 1 aliphatic rings. The van der Waals surface area contributed by atoms with Gasteiger partial charge in [-0.2, -0.15) is 0 Å². The van der Waals surface area contributed by atoms with E-state index >= 15 is 0 Å². The van der Waals surface area contributed by atoms with E-state index in [-0.39, 0.29) is 11.9 Å². The van der Waals surface area contributed by atoms with Crippen molar-refractivity contribution in [3.8, 4) is 0 Å². The minimum Gasteiger partial charge on any atom is -0.337 e. The second-order valence-corrected chi connectivity index (χ2v) is 7.61. The van der Waals surface area contributed by atoms with E-state index in [0.717, 1.165) is 35.8 Å². The molecule has 0 unspecified atom stereocenters. The quantitative estimate of drug-likeness (QED) is 0.748. The maximum atomic E-state index is 13.0. The first kappa shape index (κ1) is 18.9. The molecule has 0 N–H and O–H groups in total. The molecule has 4 heteroatoms. The smallest absolute Gasteiger partial charge is 0.227 e. The molecule has 2 aromatic rings. The number of likely N-dealkylation sites (N-methyl/N-ethyl adjacent to an activating group) is 1. The van der Waals surface area contributed by atoms with Gasteiger partial charge in [0.25, 0.3) is 0 Å². The van der Waals surface area contributed by atoms with E-state index in [1.54, 1.807) is 0 Å². The molecule has 0 bridgehead atoms. The van der Waals surface area contributed by atoms with Gasteiger partial charge in [-0.3, -0.25) is 4.79 Å². The van der Waals surface area contributed by atoms with E-state index in [1.807, 2.05) is 55.3 Å². The van der Waals surface area contributed by atoms with E-state index in [9.17, 15) is 4.79 Å². The van der Waals surface area contributed by atoms with Gasteiger partial charge in [-0.1, -0.05) is 54.1 Å². The molecule has 26 heavy (non-hydrogen) atoms. The second-order valence-electron chi connectivity index (χ2n) is 7.20. The van der Waals surface area contributed by atoms with Gasteiger partial charge in [0.1, 0.15) is 0 Å². The highest BCUT2D eigenvalue weighted by molar-refractivity contribution is 6.31. The lowest BCUT2D eigenvalue weighted by atomic mass is 10.0. The van der Waals surface area contributed by atoms with Gasteiger partial charge in [-0.05, 0) is 55.6 Å². The minimum absolute atomic E-state index is 0.0720. The number of carbonyl (C=O) groups is 1. The van der Waals surface area contributed by atoms with Gasteiger partial charge >= 0.3 is 0 Å². The third-order valence-electron chi connectivity index (χ3n) is 5.27. The molecular weight excluding hydrogens is 344 g/mol. The Morgan fingerprint density at radius 3 is 2.50 bits per heavy atom. The zero-order valence-corrected chi connectivity index (χ0v) is 16.4. The summed E-state index contributed by atoms with van der Waals surface area (Å²) >= 11 is 6.22. The van der Waals surface area contributed by atoms with E-state index in [4.69, 9.17) is 11.6 Å². The Balaban J connectivity index is 1.75. The molecule has 1 fully saturated rings. The monoisotopic (exact) mass is 370 g/mol. The van der Waals surface area contributed by atoms with E-state index < -0.39 is 0 Å². The topological polar surface area (TPSA) is 23.6 Å². The lowest BCUT2D eigenvalue weighted by molar-refractivity contribution is -0.131. The highest BCUT2D eigenvalue weighted by atomic mass is 35.5. The van der Waals surface area contributed by atoms with Crippen molar-refractivity contribution in [3.05, 3.63) is 70.2 Å². The van der Waals surface area contributed by atoms with Gasteiger partial charge in [0.15, 0.2) is 0 Å². The standard InChI is InChI=1S/C22H27ClN2O/c1-17-10-11-18(14-20(17)23)15-22(26)24(2)21(16-25-12-6-7-13-25)19-8-4-3-5-9-19/h3-5,8-11,14,21H,6-7,12-13,15-16H2,1-2H3/t21-/m1/s1. The summed E-state index contributed by atoms with van der Waals surface area (Å²) in [5.74, 6) is 0.123. The fourth-order valence-corrected chi connectivity index (χ4v) is 3.76. The van der Waals surface area contributed by atoms with Crippen molar-refractivity contribution in [2.75, 3.05) is 26.7 Å². The molecule has 1 atom stereocenters. The van der Waals surface area contributed by atoms with Crippen molar-refractivity contribution in [3.63, 3.8) is 0 Å². The van der Waals surface area contributed by atoms with Crippen molar-refractivity contribution in [1.82, 2.24) is 9.80 Å². The van der Waals surface area contributed by atoms with Gasteiger partial charge in [-0.15, -0.1) is 0 Å². The molecule has 0 aromatic heterocycles. The maximum Gasteiger partial charge on any atom is 0.227 e. The number of likely N-dealkylation sites (tertiary alicyclic amines) is 1. The molecule has 2 aromatic carbocycles. The van der Waals surface area contributed by atoms with Crippen LogP contribution >= 0.6 is 11.6 Å². The number of hydrogen-bond donors (Lipinski definition) is 0. The number of nitrogens with zero attached hydrogens (tertiary/aromatic N) is 2. The summed E-state index contributed by atoms with van der Waals surface area (Å²) in [6.45, 7) is 5.11. The Morgan fingerprint density at radius 1 is 1.15 bits per heavy atom. The van der Waals surface area contributed by atoms with Crippen molar-refractivity contribution < 1.29 is 4.79 Å². The fourth-order valence-electron chi connectivity index (χ4n) is 3.56. The third kappa shape index (κ3) is 4.66. The molecular formula is C22H27ClN2O. The lowest BCUT2D eigenvalue weighted by Crippen LogP contribution is -2.39. The second kappa shape index (κ2) is 8.70. The average Bonchev–Trinajstić information content (AvgIpc) is 3.16. The van der Waals surface area contributed by atoms with Gasteiger partial charge in [0, 0.05) is 18.6 Å². The summed E-state index contributed by atoms with van der Waals surface area (Å²) in [6.07, 6.45) is 2.88. The molecule has 1 aliphatic heterocycles. The summed E-state index contributed by atoms with van der Waals surface area (Å²) in [7, 11) is 1.92. The average molecular weight is 371 g/mol. The molecule has 138 valence electrons. The molecule has 1 saturated heterocycles. The SMILES string of the molecule is Cc1ccc(CC(=O)N(C)[C@H](CN2CCCC2)c2ccccc2)cc1Cl. The number of halogens is 1. The first-order valence-corrected chi connectivity index (χ1v) is 9.70. The van der Waals surface area contributed by atoms with E-state index in [2.05, 4.69) is 17.0 Å². The van der Waals surface area contributed by atoms with Crippen LogP contribution in [0.5, 0.6) is 0 Å². The summed E-state index contributed by atoms with van der Waals surface area (Å²) in [5.41, 5.74) is 3.19. The molecule has 0 radical (unpaired) electrons. The third-order valence-corrected chi connectivity index (χ3v) is 5.67. The summed E-state index contributed by atoms with van der Waals surface area (Å²) < 4.78 is 0. The highest BCUT2D eigenvalue weighted by Gasteiger charge is 2.25. The number of amides is 1. The molecule has 1 amide bonds. The van der Waals surface area contributed by atoms with Gasteiger partial charge in [-0.25, -0.2) is 0 Å². The fraction of sp³-hybridized carbons (Fsp3) is 0.409. The molecule has 3 rings (SSSR count). The van der Waals surface area contributed by atoms with E-state index in [1.165, 1.54) is 18.4 Å². The number of aryl methyl sites for hydroxylation is 1. The minimum atomic E-state index is 0.0720.